The maximum Gasteiger partial charge on any atom is 0.193 e. The van der Waals surface area contributed by atoms with Crippen LogP contribution in [0, 0.1) is 6.92 Å². The van der Waals surface area contributed by atoms with Crippen LogP contribution in [0.1, 0.15) is 18.3 Å². The van der Waals surface area contributed by atoms with Gasteiger partial charge >= 0.3 is 0 Å². The van der Waals surface area contributed by atoms with Crippen LogP contribution in [-0.2, 0) is 13.1 Å². The number of nitrogens with zero attached hydrogens (tertiary/aromatic N) is 4. The molecule has 2 aromatic rings. The van der Waals surface area contributed by atoms with Gasteiger partial charge in [0.2, 0.25) is 0 Å². The van der Waals surface area contributed by atoms with E-state index in [2.05, 4.69) is 20.5 Å². The summed E-state index contributed by atoms with van der Waals surface area (Å²) in [4.78, 5) is 4.25. The predicted molar refractivity (Wildman–Crippen MR) is 75.8 cm³/mol. The number of nitrogens with two attached hydrogens (primary N) is 1. The van der Waals surface area contributed by atoms with E-state index in [-0.39, 0.29) is 0 Å². The molecule has 100 valence electrons. The normalized spacial score (nSPS) is 11.6. The molecule has 0 atom stereocenters. The third kappa shape index (κ3) is 3.54. The van der Waals surface area contributed by atoms with Crippen LogP contribution in [0.5, 0.6) is 0 Å². The molecular weight excluding hydrogens is 240 g/mol. The second kappa shape index (κ2) is 5.99. The summed E-state index contributed by atoms with van der Waals surface area (Å²) < 4.78 is 1.93. The van der Waals surface area contributed by atoms with Gasteiger partial charge in [0.1, 0.15) is 12.9 Å². The number of hydrogen-bond acceptors (Lipinski definition) is 3. The molecule has 1 aromatic carbocycles. The van der Waals surface area contributed by atoms with Crippen molar-refractivity contribution in [3.63, 3.8) is 0 Å². The summed E-state index contributed by atoms with van der Waals surface area (Å²) in [6.07, 6.45) is 1.69. The highest BCUT2D eigenvalue weighted by Crippen LogP contribution is 2.08. The Morgan fingerprint density at radius 3 is 2.79 bits per heavy atom. The second-order valence-corrected chi connectivity index (χ2v) is 4.23. The molecule has 0 fully saturated rings. The fourth-order valence-corrected chi connectivity index (χ4v) is 1.65. The fourth-order valence-electron chi connectivity index (χ4n) is 1.65. The van der Waals surface area contributed by atoms with Crippen molar-refractivity contribution in [2.45, 2.75) is 26.9 Å². The largest absolute Gasteiger partial charge is 0.370 e. The van der Waals surface area contributed by atoms with Gasteiger partial charge in [0.05, 0.1) is 0 Å². The number of anilines is 1. The molecule has 1 aromatic heterocycles. The van der Waals surface area contributed by atoms with Gasteiger partial charge in [-0.15, -0.1) is 10.2 Å². The minimum absolute atomic E-state index is 0.370. The minimum Gasteiger partial charge on any atom is -0.370 e. The zero-order chi connectivity index (χ0) is 13.7. The lowest BCUT2D eigenvalue weighted by atomic mass is 10.2. The summed E-state index contributed by atoms with van der Waals surface area (Å²) in [5, 5.41) is 10.9. The maximum atomic E-state index is 5.83. The maximum absolute atomic E-state index is 5.83. The first-order valence-corrected chi connectivity index (χ1v) is 6.19. The van der Waals surface area contributed by atoms with E-state index in [0.717, 1.165) is 18.1 Å². The van der Waals surface area contributed by atoms with E-state index < -0.39 is 0 Å². The number of guanidine groups is 1. The van der Waals surface area contributed by atoms with E-state index in [1.54, 1.807) is 6.33 Å². The molecule has 0 aliphatic carbocycles. The zero-order valence-corrected chi connectivity index (χ0v) is 11.2. The van der Waals surface area contributed by atoms with Gasteiger partial charge in [-0.1, -0.05) is 17.7 Å². The van der Waals surface area contributed by atoms with Crippen molar-refractivity contribution < 1.29 is 0 Å². The Morgan fingerprint density at radius 1 is 1.37 bits per heavy atom. The molecule has 3 N–H and O–H groups in total. The van der Waals surface area contributed by atoms with Crippen LogP contribution in [0.4, 0.5) is 5.69 Å². The summed E-state index contributed by atoms with van der Waals surface area (Å²) in [5.74, 6) is 1.17. The van der Waals surface area contributed by atoms with Crippen molar-refractivity contribution in [1.29, 1.82) is 0 Å². The van der Waals surface area contributed by atoms with Crippen molar-refractivity contribution in [2.24, 2.45) is 10.7 Å². The van der Waals surface area contributed by atoms with Gasteiger partial charge in [-0.25, -0.2) is 4.99 Å². The van der Waals surface area contributed by atoms with E-state index in [4.69, 9.17) is 5.73 Å². The van der Waals surface area contributed by atoms with E-state index in [1.807, 2.05) is 42.7 Å². The van der Waals surface area contributed by atoms with Crippen molar-refractivity contribution in [1.82, 2.24) is 14.8 Å². The molecule has 0 aliphatic rings. The van der Waals surface area contributed by atoms with Crippen LogP contribution in [0.15, 0.2) is 35.6 Å². The van der Waals surface area contributed by atoms with Gasteiger partial charge in [-0.3, -0.25) is 0 Å². The van der Waals surface area contributed by atoms with E-state index >= 15 is 0 Å². The lowest BCUT2D eigenvalue weighted by Crippen LogP contribution is -2.22. The van der Waals surface area contributed by atoms with Crippen molar-refractivity contribution >= 4 is 11.6 Å². The number of aryl methyl sites for hydroxylation is 2. The highest BCUT2D eigenvalue weighted by Gasteiger charge is 2.01. The van der Waals surface area contributed by atoms with Gasteiger partial charge in [-0.2, -0.15) is 0 Å². The Morgan fingerprint density at radius 2 is 2.11 bits per heavy atom. The third-order valence-electron chi connectivity index (χ3n) is 2.75. The summed E-state index contributed by atoms with van der Waals surface area (Å²) in [5.41, 5.74) is 7.96. The predicted octanol–water partition coefficient (Wildman–Crippen LogP) is 1.53. The summed E-state index contributed by atoms with van der Waals surface area (Å²) in [7, 11) is 0. The Bertz CT molecular complexity index is 555. The number of aliphatic imine (C=N–C) groups is 1. The Balaban J connectivity index is 1.98. The zero-order valence-electron chi connectivity index (χ0n) is 11.2. The number of aromatic nitrogens is 3. The van der Waals surface area contributed by atoms with Crippen LogP contribution in [-0.4, -0.2) is 20.7 Å². The molecule has 0 saturated carbocycles. The van der Waals surface area contributed by atoms with Crippen molar-refractivity contribution in [3.05, 3.63) is 42.0 Å². The van der Waals surface area contributed by atoms with Crippen LogP contribution >= 0.6 is 0 Å². The van der Waals surface area contributed by atoms with Gasteiger partial charge in [0.25, 0.3) is 0 Å². The van der Waals surface area contributed by atoms with Gasteiger partial charge in [0, 0.05) is 12.2 Å². The summed E-state index contributed by atoms with van der Waals surface area (Å²) in [6.45, 7) is 5.31. The lowest BCUT2D eigenvalue weighted by Gasteiger charge is -2.06. The molecule has 6 heteroatoms. The van der Waals surface area contributed by atoms with Crippen LogP contribution < -0.4 is 11.1 Å². The van der Waals surface area contributed by atoms with Gasteiger partial charge in [-0.05, 0) is 26.0 Å². The molecule has 0 saturated heterocycles. The number of nitrogens with one attached hydrogen (secondary N) is 1. The topological polar surface area (TPSA) is 81.1 Å². The molecule has 0 radical (unpaired) electrons. The first-order valence-electron chi connectivity index (χ1n) is 6.19. The SMILES string of the molecule is CCn1cnnc1CN=C(N)Nc1ccc(C)cc1. The number of hydrogen-bond donors (Lipinski definition) is 2. The third-order valence-corrected chi connectivity index (χ3v) is 2.75. The first-order chi connectivity index (χ1) is 9.19. The van der Waals surface area contributed by atoms with Gasteiger partial charge < -0.3 is 15.6 Å². The molecule has 6 nitrogen and oxygen atoms in total. The fraction of sp³-hybridized carbons (Fsp3) is 0.308. The highest BCUT2D eigenvalue weighted by atomic mass is 15.3. The molecular formula is C13H18N6. The molecule has 19 heavy (non-hydrogen) atoms. The molecule has 0 spiro atoms. The number of rotatable bonds is 4. The van der Waals surface area contributed by atoms with Crippen molar-refractivity contribution in [3.8, 4) is 0 Å². The van der Waals surface area contributed by atoms with E-state index in [9.17, 15) is 0 Å². The monoisotopic (exact) mass is 258 g/mol. The first kappa shape index (κ1) is 13.1. The molecule has 1 heterocycles. The summed E-state index contributed by atoms with van der Waals surface area (Å²) >= 11 is 0. The summed E-state index contributed by atoms with van der Waals surface area (Å²) in [6, 6.07) is 7.96. The van der Waals surface area contributed by atoms with E-state index in [1.165, 1.54) is 5.56 Å². The van der Waals surface area contributed by atoms with Gasteiger partial charge in [0.15, 0.2) is 11.8 Å². The Kier molecular flexibility index (Phi) is 4.12. The average Bonchev–Trinajstić information content (AvgIpc) is 2.86. The lowest BCUT2D eigenvalue weighted by molar-refractivity contribution is 0.699. The molecule has 0 unspecified atom stereocenters. The molecule has 0 amide bonds. The Labute approximate surface area is 112 Å². The van der Waals surface area contributed by atoms with Crippen LogP contribution in [0.25, 0.3) is 0 Å². The molecule has 0 bridgehead atoms. The van der Waals surface area contributed by atoms with Crippen LogP contribution in [0.2, 0.25) is 0 Å². The quantitative estimate of drug-likeness (QED) is 0.643. The molecule has 2 rings (SSSR count). The highest BCUT2D eigenvalue weighted by molar-refractivity contribution is 5.92. The Hall–Kier alpha value is -2.37. The van der Waals surface area contributed by atoms with E-state index in [0.29, 0.717) is 12.5 Å². The molecule has 0 aliphatic heterocycles. The number of benzene rings is 1. The smallest absolute Gasteiger partial charge is 0.193 e. The van der Waals surface area contributed by atoms with Crippen molar-refractivity contribution in [2.75, 3.05) is 5.32 Å². The minimum atomic E-state index is 0.370. The average molecular weight is 258 g/mol. The van der Waals surface area contributed by atoms with Crippen LogP contribution in [0.3, 0.4) is 0 Å². The standard InChI is InChI=1S/C13H18N6/c1-3-19-9-16-18-12(19)8-15-13(14)17-11-6-4-10(2)5-7-11/h4-7,9H,3,8H2,1-2H3,(H3,14,15,17). The second-order valence-electron chi connectivity index (χ2n) is 4.23.